The van der Waals surface area contributed by atoms with Crippen LogP contribution in [0.15, 0.2) is 4.99 Å². The monoisotopic (exact) mass is 96.1 g/mol. The summed E-state index contributed by atoms with van der Waals surface area (Å²) in [4.78, 5) is 3.11. The Morgan fingerprint density at radius 3 is 3.00 bits per heavy atom. The van der Waals surface area contributed by atoms with Gasteiger partial charge in [0.1, 0.15) is 0 Å². The number of nitriles is 1. The first-order valence-electron chi connectivity index (χ1n) is 1.98. The molecule has 3 heteroatoms. The van der Waals surface area contributed by atoms with E-state index in [9.17, 15) is 0 Å². The molecule has 0 bridgehead atoms. The number of hydrogen-bond acceptors (Lipinski definition) is 2. The van der Waals surface area contributed by atoms with Crippen molar-refractivity contribution in [2.75, 3.05) is 6.54 Å². The van der Waals surface area contributed by atoms with E-state index >= 15 is 0 Å². The van der Waals surface area contributed by atoms with Crippen molar-refractivity contribution in [3.05, 3.63) is 0 Å². The summed E-state index contributed by atoms with van der Waals surface area (Å²) >= 11 is 0. The van der Waals surface area contributed by atoms with Crippen LogP contribution in [0.3, 0.4) is 0 Å². The van der Waals surface area contributed by atoms with Crippen LogP contribution in [-0.2, 0) is 0 Å². The van der Waals surface area contributed by atoms with Crippen LogP contribution in [0.25, 0.3) is 0 Å². The summed E-state index contributed by atoms with van der Waals surface area (Å²) in [6.07, 6.45) is 3.85. The van der Waals surface area contributed by atoms with E-state index in [1.165, 1.54) is 0 Å². The smallest absolute Gasteiger partial charge is 0.207 e. The molecule has 0 aliphatic heterocycles. The van der Waals surface area contributed by atoms with E-state index in [-0.39, 0.29) is 0 Å². The fourth-order valence-electron chi connectivity index (χ4n) is 0.144. The van der Waals surface area contributed by atoms with Crippen molar-refractivity contribution < 1.29 is 0 Å². The quantitative estimate of drug-likeness (QED) is 0.227. The normalized spacial score (nSPS) is 8.57. The zero-order chi connectivity index (χ0) is 5.54. The molecule has 0 atom stereocenters. The maximum Gasteiger partial charge on any atom is 0.207 e. The third-order valence-corrected chi connectivity index (χ3v) is 0.362. The van der Waals surface area contributed by atoms with E-state index in [0.717, 1.165) is 6.54 Å². The van der Waals surface area contributed by atoms with Gasteiger partial charge >= 0.3 is 0 Å². The third-order valence-electron chi connectivity index (χ3n) is 0.362. The minimum atomic E-state index is 0.755. The van der Waals surface area contributed by atoms with Gasteiger partial charge in [-0.15, -0.1) is 0 Å². The van der Waals surface area contributed by atoms with Crippen molar-refractivity contribution in [2.45, 2.75) is 6.92 Å². The summed E-state index contributed by atoms with van der Waals surface area (Å²) < 4.78 is 0. The molecule has 0 rings (SSSR count). The Balaban J connectivity index is 2.97. The molecule has 0 spiro atoms. The van der Waals surface area contributed by atoms with E-state index < -0.39 is 0 Å². The number of hydrogen-bond donors (Lipinski definition) is 1. The molecule has 0 aromatic heterocycles. The van der Waals surface area contributed by atoms with Crippen LogP contribution in [0.5, 0.6) is 0 Å². The summed E-state index contributed by atoms with van der Waals surface area (Å²) in [6, 6.07) is 0. The van der Waals surface area contributed by atoms with Crippen LogP contribution >= 0.6 is 0 Å². The van der Waals surface area contributed by atoms with E-state index in [0.29, 0.717) is 0 Å². The summed E-state index contributed by atoms with van der Waals surface area (Å²) in [5, 5.41) is 10.4. The first-order valence-corrected chi connectivity index (χ1v) is 1.98. The third kappa shape index (κ3) is 4.96. The van der Waals surface area contributed by atoms with Crippen molar-refractivity contribution in [2.24, 2.45) is 4.99 Å². The van der Waals surface area contributed by atoms with Gasteiger partial charge in [0.05, 0.1) is 0 Å². The fraction of sp³-hybridized carbons (Fsp3) is 0.500. The number of nitrogens with zero attached hydrogens (tertiary/aromatic N) is 2. The molecule has 0 aromatic carbocycles. The Morgan fingerprint density at radius 1 is 1.86 bits per heavy atom. The lowest BCUT2D eigenvalue weighted by Crippen LogP contribution is -2.07. The van der Waals surface area contributed by atoms with Crippen LogP contribution < -0.4 is 5.32 Å². The Labute approximate surface area is 42.7 Å². The molecule has 0 aliphatic carbocycles. The summed E-state index contributed by atoms with van der Waals surface area (Å²) in [7, 11) is 0. The highest BCUT2D eigenvalue weighted by atomic mass is 14.9. The average molecular weight is 96.1 g/mol. The van der Waals surface area contributed by atoms with E-state index in [1.54, 1.807) is 6.19 Å². The summed E-state index contributed by atoms with van der Waals surface area (Å²) in [6.45, 7) is 2.66. The molecular formula is C4H6N3. The molecule has 0 amide bonds. The van der Waals surface area contributed by atoms with Crippen molar-refractivity contribution in [3.63, 3.8) is 0 Å². The molecule has 1 radical (unpaired) electrons. The standard InChI is InChI=1S/C4H6N3/c1-2-6-4-7-3-5/h2H2,1H3,(H,6,7). The van der Waals surface area contributed by atoms with Crippen molar-refractivity contribution in [1.82, 2.24) is 5.32 Å². The van der Waals surface area contributed by atoms with Crippen molar-refractivity contribution in [3.8, 4) is 6.19 Å². The zero-order valence-electron chi connectivity index (χ0n) is 4.10. The molecule has 3 nitrogen and oxygen atoms in total. The van der Waals surface area contributed by atoms with Crippen LogP contribution in [-0.4, -0.2) is 12.9 Å². The lowest BCUT2D eigenvalue weighted by molar-refractivity contribution is 0.987. The number of aliphatic imine (C=N–C) groups is 1. The second-order valence-corrected chi connectivity index (χ2v) is 0.854. The van der Waals surface area contributed by atoms with Gasteiger partial charge in [-0.2, -0.15) is 10.3 Å². The molecule has 0 unspecified atom stereocenters. The molecule has 0 aliphatic rings. The van der Waals surface area contributed by atoms with Gasteiger partial charge in [-0.05, 0) is 6.92 Å². The lowest BCUT2D eigenvalue weighted by atomic mass is 10.8. The van der Waals surface area contributed by atoms with E-state index in [1.807, 2.05) is 6.92 Å². The minimum Gasteiger partial charge on any atom is -0.367 e. The minimum absolute atomic E-state index is 0.755. The molecule has 0 saturated heterocycles. The molecule has 0 saturated carbocycles. The second kappa shape index (κ2) is 4.96. The molecule has 0 aromatic rings. The largest absolute Gasteiger partial charge is 0.367 e. The van der Waals surface area contributed by atoms with Gasteiger partial charge in [-0.1, -0.05) is 0 Å². The molecule has 0 fully saturated rings. The van der Waals surface area contributed by atoms with E-state index in [2.05, 4.69) is 16.6 Å². The predicted octanol–water partition coefficient (Wildman–Crippen LogP) is -0.0177. The van der Waals surface area contributed by atoms with Gasteiger partial charge in [0.2, 0.25) is 6.19 Å². The highest BCUT2D eigenvalue weighted by molar-refractivity contribution is 5.55. The zero-order valence-corrected chi connectivity index (χ0v) is 4.10. The number of nitrogens with one attached hydrogen (secondary N) is 1. The first-order chi connectivity index (χ1) is 3.41. The van der Waals surface area contributed by atoms with Crippen LogP contribution in [0.2, 0.25) is 0 Å². The first kappa shape index (κ1) is 5.96. The van der Waals surface area contributed by atoms with Gasteiger partial charge < -0.3 is 5.32 Å². The topological polar surface area (TPSA) is 48.2 Å². The van der Waals surface area contributed by atoms with E-state index in [4.69, 9.17) is 5.26 Å². The SMILES string of the molecule is CCN/[C]=N\C#N. The predicted molar refractivity (Wildman–Crippen MR) is 26.7 cm³/mol. The summed E-state index contributed by atoms with van der Waals surface area (Å²) in [5.41, 5.74) is 0. The van der Waals surface area contributed by atoms with Gasteiger partial charge in [0, 0.05) is 6.54 Å². The molecule has 37 valence electrons. The van der Waals surface area contributed by atoms with Gasteiger partial charge in [0.15, 0.2) is 6.34 Å². The molecule has 1 N–H and O–H groups in total. The lowest BCUT2D eigenvalue weighted by Gasteiger charge is -1.81. The van der Waals surface area contributed by atoms with Crippen LogP contribution in [0.1, 0.15) is 6.92 Å². The Bertz CT molecular complexity index is 89.6. The fourth-order valence-corrected chi connectivity index (χ4v) is 0.144. The van der Waals surface area contributed by atoms with Gasteiger partial charge in [-0.3, -0.25) is 0 Å². The molecule has 7 heavy (non-hydrogen) atoms. The van der Waals surface area contributed by atoms with Crippen LogP contribution in [0, 0.1) is 11.5 Å². The Morgan fingerprint density at radius 2 is 2.57 bits per heavy atom. The summed E-state index contributed by atoms with van der Waals surface area (Å²) in [5.74, 6) is 0. The molecular weight excluding hydrogens is 90.1 g/mol. The van der Waals surface area contributed by atoms with Crippen molar-refractivity contribution >= 4 is 6.34 Å². The van der Waals surface area contributed by atoms with Gasteiger partial charge in [0.25, 0.3) is 0 Å². The van der Waals surface area contributed by atoms with Crippen LogP contribution in [0.4, 0.5) is 0 Å². The highest BCUT2D eigenvalue weighted by Crippen LogP contribution is 1.51. The van der Waals surface area contributed by atoms with Gasteiger partial charge in [-0.25, -0.2) is 0 Å². The number of rotatable bonds is 2. The Hall–Kier alpha value is -1.04. The average Bonchev–Trinajstić information content (AvgIpc) is 1.69. The molecule has 0 heterocycles. The van der Waals surface area contributed by atoms with Crippen molar-refractivity contribution in [1.29, 1.82) is 5.26 Å². The highest BCUT2D eigenvalue weighted by Gasteiger charge is 1.65. The maximum atomic E-state index is 7.77. The maximum absolute atomic E-state index is 7.77. The second-order valence-electron chi connectivity index (χ2n) is 0.854. The Kier molecular flexibility index (Phi) is 4.22.